The Morgan fingerprint density at radius 2 is 0.746 bits per heavy atom. The van der Waals surface area contributed by atoms with E-state index in [-0.39, 0.29) is 31.6 Å². The number of unbranched alkanes of at least 4 members (excludes halogenated alkanes) is 17. The van der Waals surface area contributed by atoms with Crippen molar-refractivity contribution in [3.8, 4) is 0 Å². The lowest BCUT2D eigenvalue weighted by Gasteiger charge is -2.26. The zero-order valence-electron chi connectivity index (χ0n) is 39.0. The van der Waals surface area contributed by atoms with Gasteiger partial charge in [-0.05, 0) is 97.7 Å². The number of amides is 6. The summed E-state index contributed by atoms with van der Waals surface area (Å²) in [6.45, 7) is 5.40. The van der Waals surface area contributed by atoms with Crippen LogP contribution >= 0.6 is 0 Å². The number of carboxylic acids is 1. The first-order chi connectivity index (χ1) is 30.2. The van der Waals surface area contributed by atoms with E-state index in [2.05, 4.69) is 38.8 Å². The van der Waals surface area contributed by atoms with E-state index in [9.17, 15) is 43.8 Å². The maximum absolute atomic E-state index is 13.6. The molecule has 0 saturated carbocycles. The molecule has 0 aromatic heterocycles. The van der Waals surface area contributed by atoms with Gasteiger partial charge in [0, 0.05) is 6.42 Å². The Bertz CT molecular complexity index is 1290. The van der Waals surface area contributed by atoms with Crippen LogP contribution in [-0.2, 0) is 33.6 Å². The Balaban J connectivity index is 5.04. The third kappa shape index (κ3) is 30.0. The second-order valence-electron chi connectivity index (χ2n) is 16.8. The quantitative estimate of drug-likeness (QED) is 0.0395. The minimum atomic E-state index is -1.27. The molecule has 6 amide bonds. The molecule has 0 aliphatic heterocycles. The minimum Gasteiger partial charge on any atom is -0.480 e. The van der Waals surface area contributed by atoms with E-state index >= 15 is 0 Å². The van der Waals surface area contributed by atoms with Crippen LogP contribution in [0.2, 0.25) is 0 Å². The maximum atomic E-state index is 13.6. The number of rotatable bonds is 41. The number of hydrogen-bond donors (Lipinski definition) is 11. The van der Waals surface area contributed by atoms with Crippen molar-refractivity contribution >= 4 is 41.4 Å². The first-order valence-corrected chi connectivity index (χ1v) is 24.0. The molecular formula is C45H87N9O9. The fraction of sp³-hybridized carbons (Fsp3) is 0.844. The smallest absolute Gasteiger partial charge is 0.326 e. The molecule has 18 heteroatoms. The number of carbonyl (C=O) groups is 7. The highest BCUT2D eigenvalue weighted by Crippen LogP contribution is 2.14. The van der Waals surface area contributed by atoms with Gasteiger partial charge < -0.3 is 59.3 Å². The van der Waals surface area contributed by atoms with Gasteiger partial charge in [-0.1, -0.05) is 96.8 Å². The molecule has 0 unspecified atom stereocenters. The van der Waals surface area contributed by atoms with Crippen LogP contribution in [0.5, 0.6) is 0 Å². The van der Waals surface area contributed by atoms with Crippen LogP contribution in [0.15, 0.2) is 0 Å². The van der Waals surface area contributed by atoms with Gasteiger partial charge in [-0.15, -0.1) is 0 Å². The topological polar surface area (TPSA) is 310 Å². The Morgan fingerprint density at radius 3 is 1.14 bits per heavy atom. The molecule has 0 bridgehead atoms. The zero-order valence-corrected chi connectivity index (χ0v) is 39.0. The van der Waals surface area contributed by atoms with Gasteiger partial charge in [-0.25, -0.2) is 4.79 Å². The molecule has 0 heterocycles. The van der Waals surface area contributed by atoms with E-state index in [4.69, 9.17) is 17.2 Å². The van der Waals surface area contributed by atoms with Crippen LogP contribution in [0.1, 0.15) is 181 Å². The predicted molar refractivity (Wildman–Crippen MR) is 246 cm³/mol. The molecule has 63 heavy (non-hydrogen) atoms. The van der Waals surface area contributed by atoms with Crippen molar-refractivity contribution in [1.82, 2.24) is 31.9 Å². The average molecular weight is 898 g/mol. The van der Waals surface area contributed by atoms with E-state index in [1.807, 2.05) is 0 Å². The lowest BCUT2D eigenvalue weighted by molar-refractivity contribution is -0.142. The second-order valence-corrected chi connectivity index (χ2v) is 16.8. The average Bonchev–Trinajstić information content (AvgIpc) is 3.25. The van der Waals surface area contributed by atoms with Crippen LogP contribution in [0.3, 0.4) is 0 Å². The Morgan fingerprint density at radius 1 is 0.413 bits per heavy atom. The van der Waals surface area contributed by atoms with Crippen molar-refractivity contribution in [3.05, 3.63) is 0 Å². The zero-order chi connectivity index (χ0) is 47.3. The summed E-state index contributed by atoms with van der Waals surface area (Å²) in [6, 6.07) is -7.03. The summed E-state index contributed by atoms with van der Waals surface area (Å²) in [4.78, 5) is 90.6. The molecule has 0 radical (unpaired) electrons. The number of aliphatic hydroxyl groups excluding tert-OH is 1. The summed E-state index contributed by atoms with van der Waals surface area (Å²) < 4.78 is 0. The van der Waals surface area contributed by atoms with E-state index < -0.39 is 78.4 Å². The molecule has 6 atom stereocenters. The van der Waals surface area contributed by atoms with Gasteiger partial charge in [0.2, 0.25) is 35.4 Å². The van der Waals surface area contributed by atoms with Crippen molar-refractivity contribution in [2.24, 2.45) is 17.2 Å². The number of carbonyl (C=O) groups excluding carboxylic acids is 6. The normalized spacial score (nSPS) is 14.0. The lowest BCUT2D eigenvalue weighted by Crippen LogP contribution is -2.58. The van der Waals surface area contributed by atoms with Crippen molar-refractivity contribution < 1.29 is 43.8 Å². The van der Waals surface area contributed by atoms with Gasteiger partial charge in [-0.3, -0.25) is 28.8 Å². The molecule has 0 aromatic rings. The van der Waals surface area contributed by atoms with Gasteiger partial charge in [0.1, 0.15) is 36.3 Å². The summed E-state index contributed by atoms with van der Waals surface area (Å²) in [7, 11) is 0. The summed E-state index contributed by atoms with van der Waals surface area (Å²) in [5.41, 5.74) is 16.8. The van der Waals surface area contributed by atoms with Crippen molar-refractivity contribution in [1.29, 1.82) is 0 Å². The third-order valence-electron chi connectivity index (χ3n) is 11.1. The van der Waals surface area contributed by atoms with Gasteiger partial charge in [0.05, 0.1) is 6.61 Å². The van der Waals surface area contributed by atoms with Crippen LogP contribution in [0.4, 0.5) is 0 Å². The summed E-state index contributed by atoms with van der Waals surface area (Å²) in [5.74, 6) is -5.18. The van der Waals surface area contributed by atoms with E-state index in [1.165, 1.54) is 84.5 Å². The SMILES string of the molecule is CCCCCCCCCCCCCCCCCC(=O)N[C@@H](CO)C(=O)N[C@@H](C)C(=O)N[C@@H](C)C(=O)N[C@@H](CCCCN)C(=O)N[C@@H](CCCCN)C(=O)N[C@@H](CCCCN)C(=O)O. The number of aliphatic carboxylic acids is 1. The Labute approximate surface area is 377 Å². The standard InChI is InChI=1S/C45H87N9O9/c1-4-5-6-7-8-9-10-11-12-13-14-15-16-17-18-28-39(56)51-38(32-55)44(61)50-33(2)40(57)49-34(3)41(58)52-35(25-19-22-29-46)42(59)53-36(26-20-23-30-47)43(60)54-37(45(62)63)27-21-24-31-48/h33-38,55H,4-32,46-48H2,1-3H3,(H,49,57)(H,50,61)(H,51,56)(H,52,58)(H,53,59)(H,54,60)(H,62,63)/t33-,34-,35-,36-,37-,38-/m0/s1. The van der Waals surface area contributed by atoms with E-state index in [0.717, 1.165) is 19.3 Å². The molecular weight excluding hydrogens is 811 g/mol. The Kier molecular flexibility index (Phi) is 36.2. The first-order valence-electron chi connectivity index (χ1n) is 24.0. The number of aliphatic hydroxyl groups is 1. The summed E-state index contributed by atoms with van der Waals surface area (Å²) in [6.07, 6.45) is 21.8. The molecule has 14 N–H and O–H groups in total. The molecule has 0 saturated heterocycles. The van der Waals surface area contributed by atoms with Gasteiger partial charge in [-0.2, -0.15) is 0 Å². The fourth-order valence-corrected chi connectivity index (χ4v) is 7.02. The number of nitrogens with two attached hydrogens (primary N) is 3. The number of hydrogen-bond acceptors (Lipinski definition) is 11. The first kappa shape index (κ1) is 59.1. The van der Waals surface area contributed by atoms with E-state index in [0.29, 0.717) is 64.6 Å². The van der Waals surface area contributed by atoms with Crippen LogP contribution in [-0.4, -0.2) is 114 Å². The molecule has 0 fully saturated rings. The van der Waals surface area contributed by atoms with Crippen LogP contribution < -0.4 is 49.1 Å². The van der Waals surface area contributed by atoms with Gasteiger partial charge in [0.15, 0.2) is 0 Å². The van der Waals surface area contributed by atoms with Gasteiger partial charge >= 0.3 is 5.97 Å². The van der Waals surface area contributed by atoms with Gasteiger partial charge in [0.25, 0.3) is 0 Å². The Hall–Kier alpha value is -3.87. The molecule has 18 nitrogen and oxygen atoms in total. The monoisotopic (exact) mass is 898 g/mol. The lowest BCUT2D eigenvalue weighted by atomic mass is 10.0. The summed E-state index contributed by atoms with van der Waals surface area (Å²) >= 11 is 0. The number of nitrogens with one attached hydrogen (secondary N) is 6. The van der Waals surface area contributed by atoms with Crippen molar-refractivity contribution in [2.75, 3.05) is 26.2 Å². The summed E-state index contributed by atoms with van der Waals surface area (Å²) in [5, 5.41) is 34.8. The highest BCUT2D eigenvalue weighted by molar-refractivity contribution is 5.96. The highest BCUT2D eigenvalue weighted by Gasteiger charge is 2.31. The maximum Gasteiger partial charge on any atom is 0.326 e. The predicted octanol–water partition coefficient (Wildman–Crippen LogP) is 2.66. The molecule has 0 aliphatic carbocycles. The highest BCUT2D eigenvalue weighted by atomic mass is 16.4. The molecule has 0 aliphatic rings. The largest absolute Gasteiger partial charge is 0.480 e. The fourth-order valence-electron chi connectivity index (χ4n) is 7.02. The third-order valence-corrected chi connectivity index (χ3v) is 11.1. The number of carboxylic acid groups (broad SMARTS) is 1. The minimum absolute atomic E-state index is 0.156. The molecule has 0 aromatic carbocycles. The molecule has 0 spiro atoms. The van der Waals surface area contributed by atoms with E-state index in [1.54, 1.807) is 0 Å². The van der Waals surface area contributed by atoms with Crippen molar-refractivity contribution in [3.63, 3.8) is 0 Å². The van der Waals surface area contributed by atoms with Crippen LogP contribution in [0.25, 0.3) is 0 Å². The second kappa shape index (κ2) is 38.6. The van der Waals surface area contributed by atoms with Crippen molar-refractivity contribution in [2.45, 2.75) is 218 Å². The molecule has 0 rings (SSSR count). The van der Waals surface area contributed by atoms with Crippen LogP contribution in [0, 0.1) is 0 Å². The molecule has 366 valence electrons.